The van der Waals surface area contributed by atoms with E-state index in [-0.39, 0.29) is 0 Å². The Morgan fingerprint density at radius 1 is 0.733 bits per heavy atom. The van der Waals surface area contributed by atoms with E-state index in [1.807, 2.05) is 6.20 Å². The molecule has 0 N–H and O–H groups in total. The van der Waals surface area contributed by atoms with Gasteiger partial charge in [-0.3, -0.25) is 4.98 Å². The summed E-state index contributed by atoms with van der Waals surface area (Å²) < 4.78 is 6.68. The van der Waals surface area contributed by atoms with E-state index in [4.69, 9.17) is 9.40 Å². The number of hydrogen-bond donors (Lipinski definition) is 0. The van der Waals surface area contributed by atoms with Crippen LogP contribution in [0.4, 0.5) is 0 Å². The molecule has 6 rings (SSSR count). The van der Waals surface area contributed by atoms with Crippen LogP contribution < -0.4 is 10.4 Å². The number of furan rings is 1. The van der Waals surface area contributed by atoms with Crippen molar-refractivity contribution >= 4 is 40.4 Å². The molecule has 1 aliphatic heterocycles. The molecule has 146 valence electrons. The van der Waals surface area contributed by atoms with Gasteiger partial charge in [0.1, 0.15) is 19.2 Å². The molecule has 3 heteroatoms. The van der Waals surface area contributed by atoms with Crippen LogP contribution in [0.25, 0.3) is 44.3 Å². The van der Waals surface area contributed by atoms with Gasteiger partial charge in [-0.15, -0.1) is 0 Å². The third-order valence-electron chi connectivity index (χ3n) is 6.86. The topological polar surface area (TPSA) is 26.0 Å². The third-order valence-corrected chi connectivity index (χ3v) is 10.4. The van der Waals surface area contributed by atoms with Crippen molar-refractivity contribution in [1.29, 1.82) is 0 Å². The van der Waals surface area contributed by atoms with Crippen LogP contribution in [-0.2, 0) is 0 Å². The molecule has 0 radical (unpaired) electrons. The first-order valence-corrected chi connectivity index (χ1v) is 13.5. The standard InChI is InChI=1S/C27H23NOSi/c1-16-14-22(28-15-17(16)2)20-10-7-9-18-19-12-13-24-25(27(19)29-26(18)20)21-8-5-6-11-23(21)30(24,3)4/h5-15H,1-4H3. The molecule has 1 aliphatic rings. The number of rotatable bonds is 1. The largest absolute Gasteiger partial charge is 0.455 e. The first-order valence-electron chi connectivity index (χ1n) is 10.5. The lowest BCUT2D eigenvalue weighted by atomic mass is 10.0. The SMILES string of the molecule is Cc1cnc(-c2cccc3c2oc2c4c(ccc23)[Si](C)(C)c2ccccc2-4)cc1C. The molecular weight excluding hydrogens is 382 g/mol. The smallest absolute Gasteiger partial charge is 0.144 e. The van der Waals surface area contributed by atoms with Crippen LogP contribution in [0, 0.1) is 13.8 Å². The summed E-state index contributed by atoms with van der Waals surface area (Å²) in [5, 5.41) is 5.33. The molecule has 0 bridgehead atoms. The second kappa shape index (κ2) is 5.93. The van der Waals surface area contributed by atoms with Gasteiger partial charge in [-0.25, -0.2) is 0 Å². The zero-order valence-corrected chi connectivity index (χ0v) is 18.7. The van der Waals surface area contributed by atoms with Crippen LogP contribution in [-0.4, -0.2) is 13.1 Å². The Morgan fingerprint density at radius 2 is 1.50 bits per heavy atom. The highest BCUT2D eigenvalue weighted by atomic mass is 28.3. The Bertz CT molecular complexity index is 1490. The van der Waals surface area contributed by atoms with Gasteiger partial charge in [0.25, 0.3) is 0 Å². The van der Waals surface area contributed by atoms with Crippen molar-refractivity contribution in [2.45, 2.75) is 26.9 Å². The average Bonchev–Trinajstić information content (AvgIpc) is 3.24. The number of nitrogens with zero attached hydrogens (tertiary/aromatic N) is 1. The Morgan fingerprint density at radius 3 is 2.33 bits per heavy atom. The predicted molar refractivity (Wildman–Crippen MR) is 129 cm³/mol. The van der Waals surface area contributed by atoms with Crippen LogP contribution in [0.1, 0.15) is 11.1 Å². The summed E-state index contributed by atoms with van der Waals surface area (Å²) in [6.07, 6.45) is 1.95. The summed E-state index contributed by atoms with van der Waals surface area (Å²) in [5.74, 6) is 0. The number of aromatic nitrogens is 1. The minimum absolute atomic E-state index is 0.931. The molecule has 3 heterocycles. The number of para-hydroxylation sites is 1. The molecule has 3 aromatic carbocycles. The first kappa shape index (κ1) is 17.7. The van der Waals surface area contributed by atoms with Gasteiger partial charge in [-0.1, -0.05) is 61.6 Å². The minimum Gasteiger partial charge on any atom is -0.455 e. The number of fused-ring (bicyclic) bond motifs is 7. The molecule has 0 aliphatic carbocycles. The van der Waals surface area contributed by atoms with Crippen molar-refractivity contribution in [3.05, 3.63) is 78.0 Å². The zero-order valence-electron chi connectivity index (χ0n) is 17.7. The highest BCUT2D eigenvalue weighted by Gasteiger charge is 2.39. The van der Waals surface area contributed by atoms with Gasteiger partial charge in [0.2, 0.25) is 0 Å². The van der Waals surface area contributed by atoms with Crippen LogP contribution >= 0.6 is 0 Å². The van der Waals surface area contributed by atoms with Gasteiger partial charge in [0, 0.05) is 28.1 Å². The summed E-state index contributed by atoms with van der Waals surface area (Å²) in [6.45, 7) is 9.11. The van der Waals surface area contributed by atoms with E-state index >= 15 is 0 Å². The lowest BCUT2D eigenvalue weighted by molar-refractivity contribution is 0.671. The molecule has 0 fully saturated rings. The van der Waals surface area contributed by atoms with Crippen LogP contribution in [0.2, 0.25) is 13.1 Å². The highest BCUT2D eigenvalue weighted by Crippen LogP contribution is 2.41. The molecule has 2 nitrogen and oxygen atoms in total. The highest BCUT2D eigenvalue weighted by molar-refractivity contribution is 7.04. The maximum Gasteiger partial charge on any atom is 0.144 e. The van der Waals surface area contributed by atoms with E-state index in [0.29, 0.717) is 0 Å². The molecule has 0 spiro atoms. The van der Waals surface area contributed by atoms with Crippen molar-refractivity contribution in [2.24, 2.45) is 0 Å². The lowest BCUT2D eigenvalue weighted by Crippen LogP contribution is -2.49. The molecule has 0 unspecified atom stereocenters. The summed E-state index contributed by atoms with van der Waals surface area (Å²) >= 11 is 0. The Hall–Kier alpha value is -3.17. The lowest BCUT2D eigenvalue weighted by Gasteiger charge is -2.18. The van der Waals surface area contributed by atoms with E-state index in [1.165, 1.54) is 38.0 Å². The zero-order chi connectivity index (χ0) is 20.6. The molecule has 2 aromatic heterocycles. The molecule has 5 aromatic rings. The van der Waals surface area contributed by atoms with Gasteiger partial charge in [0.15, 0.2) is 0 Å². The van der Waals surface area contributed by atoms with E-state index in [9.17, 15) is 0 Å². The predicted octanol–water partition coefficient (Wildman–Crippen LogP) is 6.07. The molecule has 0 atom stereocenters. The maximum atomic E-state index is 6.68. The van der Waals surface area contributed by atoms with Crippen molar-refractivity contribution < 1.29 is 4.42 Å². The number of pyridine rings is 1. The summed E-state index contributed by atoms with van der Waals surface area (Å²) in [4.78, 5) is 4.71. The average molecular weight is 406 g/mol. The van der Waals surface area contributed by atoms with E-state index in [1.54, 1.807) is 0 Å². The fraction of sp³-hybridized carbons (Fsp3) is 0.148. The van der Waals surface area contributed by atoms with Crippen molar-refractivity contribution in [3.63, 3.8) is 0 Å². The monoisotopic (exact) mass is 405 g/mol. The fourth-order valence-electron chi connectivity index (χ4n) is 5.01. The Balaban J connectivity index is 1.71. The summed E-state index contributed by atoms with van der Waals surface area (Å²) in [7, 11) is -1.71. The first-order chi connectivity index (χ1) is 14.5. The second-order valence-electron chi connectivity index (χ2n) is 8.97. The van der Waals surface area contributed by atoms with Gasteiger partial charge < -0.3 is 4.42 Å². The van der Waals surface area contributed by atoms with E-state index < -0.39 is 8.07 Å². The van der Waals surface area contributed by atoms with Crippen LogP contribution in [0.5, 0.6) is 0 Å². The van der Waals surface area contributed by atoms with E-state index in [2.05, 4.69) is 87.6 Å². The quantitative estimate of drug-likeness (QED) is 0.316. The molecule has 0 amide bonds. The molecular formula is C27H23NOSi. The fourth-order valence-corrected chi connectivity index (χ4v) is 8.07. The van der Waals surface area contributed by atoms with E-state index in [0.717, 1.165) is 27.8 Å². The number of aryl methyl sites for hydroxylation is 2. The van der Waals surface area contributed by atoms with Crippen molar-refractivity contribution in [1.82, 2.24) is 4.98 Å². The van der Waals surface area contributed by atoms with Gasteiger partial charge in [0.05, 0.1) is 5.69 Å². The Kier molecular flexibility index (Phi) is 3.49. The molecule has 30 heavy (non-hydrogen) atoms. The summed E-state index contributed by atoms with van der Waals surface area (Å²) in [5.41, 5.74) is 9.07. The van der Waals surface area contributed by atoms with Crippen molar-refractivity contribution in [3.8, 4) is 22.4 Å². The number of hydrogen-bond acceptors (Lipinski definition) is 2. The van der Waals surface area contributed by atoms with Crippen LogP contribution in [0.3, 0.4) is 0 Å². The maximum absolute atomic E-state index is 6.68. The van der Waals surface area contributed by atoms with Gasteiger partial charge >= 0.3 is 0 Å². The third kappa shape index (κ3) is 2.21. The molecule has 0 saturated carbocycles. The second-order valence-corrected chi connectivity index (χ2v) is 13.3. The molecule has 0 saturated heterocycles. The summed E-state index contributed by atoms with van der Waals surface area (Å²) in [6, 6.07) is 22.0. The number of benzene rings is 3. The van der Waals surface area contributed by atoms with Crippen molar-refractivity contribution in [2.75, 3.05) is 0 Å². The normalized spacial score (nSPS) is 14.3. The minimum atomic E-state index is -1.71. The van der Waals surface area contributed by atoms with Gasteiger partial charge in [-0.2, -0.15) is 0 Å². The Labute approximate surface area is 177 Å². The van der Waals surface area contributed by atoms with Crippen LogP contribution in [0.15, 0.2) is 71.3 Å². The van der Waals surface area contributed by atoms with Gasteiger partial charge in [-0.05, 0) is 53.0 Å².